The molecule has 194 valence electrons. The zero-order valence-corrected chi connectivity index (χ0v) is 21.2. The number of likely N-dealkylation sites (N-methyl/N-ethyl adjacent to an activating group) is 1. The summed E-state index contributed by atoms with van der Waals surface area (Å²) in [5.74, 6) is -2.18. The first-order chi connectivity index (χ1) is 18.2. The molecule has 1 saturated heterocycles. The van der Waals surface area contributed by atoms with Crippen molar-refractivity contribution in [1.82, 2.24) is 15.2 Å². The molecule has 3 N–H and O–H groups in total. The SMILES string of the molecule is Cc1cc(F)cc(-c2cnc3ccc(-c4ccc(F)c(C(N)=O)c4)cc3c2C(=O)N(C)C[C@@H]2CCCN2)c1. The van der Waals surface area contributed by atoms with E-state index >= 15 is 0 Å². The maximum absolute atomic E-state index is 14.4. The van der Waals surface area contributed by atoms with Crippen LogP contribution in [0.1, 0.15) is 39.1 Å². The molecule has 38 heavy (non-hydrogen) atoms. The number of carbonyl (C=O) groups excluding carboxylic acids is 2. The zero-order chi connectivity index (χ0) is 27.0. The molecular weight excluding hydrogens is 486 g/mol. The van der Waals surface area contributed by atoms with E-state index in [2.05, 4.69) is 10.3 Å². The average molecular weight is 515 g/mol. The lowest BCUT2D eigenvalue weighted by molar-refractivity contribution is 0.0786. The van der Waals surface area contributed by atoms with Crippen molar-refractivity contribution in [2.24, 2.45) is 5.73 Å². The summed E-state index contributed by atoms with van der Waals surface area (Å²) in [4.78, 5) is 32.0. The fraction of sp³-hybridized carbons (Fsp3) is 0.233. The van der Waals surface area contributed by atoms with Crippen LogP contribution in [0.2, 0.25) is 0 Å². The van der Waals surface area contributed by atoms with Gasteiger partial charge in [-0.05, 0) is 85.0 Å². The van der Waals surface area contributed by atoms with Crippen molar-refractivity contribution in [3.8, 4) is 22.3 Å². The van der Waals surface area contributed by atoms with Crippen LogP contribution in [0.25, 0.3) is 33.2 Å². The van der Waals surface area contributed by atoms with Gasteiger partial charge in [0.1, 0.15) is 11.6 Å². The molecule has 0 spiro atoms. The maximum Gasteiger partial charge on any atom is 0.255 e. The van der Waals surface area contributed by atoms with Crippen molar-refractivity contribution >= 4 is 22.7 Å². The van der Waals surface area contributed by atoms with Crippen LogP contribution in [0, 0.1) is 18.6 Å². The predicted molar refractivity (Wildman–Crippen MR) is 144 cm³/mol. The smallest absolute Gasteiger partial charge is 0.255 e. The Kier molecular flexibility index (Phi) is 6.91. The van der Waals surface area contributed by atoms with Gasteiger partial charge in [0.15, 0.2) is 0 Å². The second-order valence-corrected chi connectivity index (χ2v) is 9.83. The van der Waals surface area contributed by atoms with Crippen molar-refractivity contribution in [1.29, 1.82) is 0 Å². The first-order valence-electron chi connectivity index (χ1n) is 12.5. The number of hydrogen-bond donors (Lipinski definition) is 2. The molecule has 1 aromatic heterocycles. The maximum atomic E-state index is 14.4. The summed E-state index contributed by atoms with van der Waals surface area (Å²) in [6.45, 7) is 3.25. The van der Waals surface area contributed by atoms with Gasteiger partial charge in [-0.2, -0.15) is 0 Å². The van der Waals surface area contributed by atoms with E-state index in [4.69, 9.17) is 5.73 Å². The fourth-order valence-corrected chi connectivity index (χ4v) is 5.12. The van der Waals surface area contributed by atoms with E-state index in [9.17, 15) is 18.4 Å². The third kappa shape index (κ3) is 4.99. The summed E-state index contributed by atoms with van der Waals surface area (Å²) >= 11 is 0. The summed E-state index contributed by atoms with van der Waals surface area (Å²) < 4.78 is 28.5. The number of carbonyl (C=O) groups is 2. The number of nitrogens with one attached hydrogen (secondary N) is 1. The van der Waals surface area contributed by atoms with E-state index in [1.807, 2.05) is 6.07 Å². The summed E-state index contributed by atoms with van der Waals surface area (Å²) in [6.07, 6.45) is 3.66. The molecule has 1 fully saturated rings. The molecule has 4 aromatic rings. The number of pyridine rings is 1. The minimum absolute atomic E-state index is 0.207. The fourth-order valence-electron chi connectivity index (χ4n) is 5.12. The zero-order valence-electron chi connectivity index (χ0n) is 21.2. The van der Waals surface area contributed by atoms with Gasteiger partial charge < -0.3 is 16.0 Å². The molecule has 0 bridgehead atoms. The van der Waals surface area contributed by atoms with Crippen molar-refractivity contribution in [2.75, 3.05) is 20.1 Å². The Balaban J connectivity index is 1.70. The van der Waals surface area contributed by atoms with Gasteiger partial charge >= 0.3 is 0 Å². The summed E-state index contributed by atoms with van der Waals surface area (Å²) in [5, 5.41) is 3.99. The molecule has 2 amide bonds. The number of amides is 2. The quantitative estimate of drug-likeness (QED) is 0.376. The van der Waals surface area contributed by atoms with Gasteiger partial charge in [0.05, 0.1) is 16.6 Å². The monoisotopic (exact) mass is 514 g/mol. The van der Waals surface area contributed by atoms with Gasteiger partial charge in [0.25, 0.3) is 11.8 Å². The Hall–Kier alpha value is -4.17. The topological polar surface area (TPSA) is 88.3 Å². The molecule has 0 aliphatic carbocycles. The van der Waals surface area contributed by atoms with Gasteiger partial charge in [0.2, 0.25) is 0 Å². The highest BCUT2D eigenvalue weighted by atomic mass is 19.1. The Morgan fingerprint density at radius 3 is 2.53 bits per heavy atom. The van der Waals surface area contributed by atoms with Crippen LogP contribution in [0.15, 0.2) is 60.8 Å². The standard InChI is InChI=1S/C30H28F2N4O2/c1-17-10-20(12-21(31)11-17)25-15-35-27-8-6-19(18-5-7-26(32)23(13-18)29(33)37)14-24(27)28(25)30(38)36(2)16-22-4-3-9-34-22/h5-8,10-15,22,34H,3-4,9,16H2,1-2H3,(H2,33,37)/t22-/m0/s1. The van der Waals surface area contributed by atoms with Crippen LogP contribution < -0.4 is 11.1 Å². The number of halogens is 2. The molecule has 0 unspecified atom stereocenters. The second kappa shape index (κ2) is 10.3. The number of aryl methyl sites for hydroxylation is 1. The Bertz CT molecular complexity index is 1540. The summed E-state index contributed by atoms with van der Waals surface area (Å²) in [6, 6.07) is 14.4. The molecule has 8 heteroatoms. The minimum atomic E-state index is -0.867. The molecule has 2 heterocycles. The Morgan fingerprint density at radius 1 is 1.05 bits per heavy atom. The van der Waals surface area contributed by atoms with E-state index in [1.54, 1.807) is 49.3 Å². The molecular formula is C30H28F2N4O2. The first-order valence-corrected chi connectivity index (χ1v) is 12.5. The molecule has 6 nitrogen and oxygen atoms in total. The van der Waals surface area contributed by atoms with Crippen molar-refractivity contribution in [3.63, 3.8) is 0 Å². The molecule has 3 aromatic carbocycles. The van der Waals surface area contributed by atoms with Crippen molar-refractivity contribution < 1.29 is 18.4 Å². The number of nitrogens with zero attached hydrogens (tertiary/aromatic N) is 2. The highest BCUT2D eigenvalue weighted by Gasteiger charge is 2.25. The molecule has 5 rings (SSSR count). The third-order valence-electron chi connectivity index (χ3n) is 7.00. The number of fused-ring (bicyclic) bond motifs is 1. The molecule has 1 aliphatic rings. The predicted octanol–water partition coefficient (Wildman–Crippen LogP) is 5.08. The van der Waals surface area contributed by atoms with Gasteiger partial charge in [-0.25, -0.2) is 8.78 Å². The first kappa shape index (κ1) is 25.5. The van der Waals surface area contributed by atoms with Crippen LogP contribution in [-0.4, -0.2) is 47.9 Å². The normalized spacial score (nSPS) is 15.1. The largest absolute Gasteiger partial charge is 0.366 e. The highest BCUT2D eigenvalue weighted by molar-refractivity contribution is 6.12. The third-order valence-corrected chi connectivity index (χ3v) is 7.00. The average Bonchev–Trinajstić information content (AvgIpc) is 3.40. The highest BCUT2D eigenvalue weighted by Crippen LogP contribution is 2.34. The van der Waals surface area contributed by atoms with Crippen molar-refractivity contribution in [3.05, 3.63) is 89.1 Å². The van der Waals surface area contributed by atoms with E-state index in [0.717, 1.165) is 24.9 Å². The van der Waals surface area contributed by atoms with Crippen LogP contribution in [-0.2, 0) is 0 Å². The van der Waals surface area contributed by atoms with Crippen molar-refractivity contribution in [2.45, 2.75) is 25.8 Å². The van der Waals surface area contributed by atoms with Gasteiger partial charge in [-0.15, -0.1) is 0 Å². The molecule has 1 aliphatic heterocycles. The van der Waals surface area contributed by atoms with E-state index in [0.29, 0.717) is 45.3 Å². The van der Waals surface area contributed by atoms with Gasteiger partial charge in [0, 0.05) is 36.8 Å². The Labute approximate surface area is 219 Å². The number of hydrogen-bond acceptors (Lipinski definition) is 4. The lowest BCUT2D eigenvalue weighted by atomic mass is 9.93. The lowest BCUT2D eigenvalue weighted by Gasteiger charge is -2.24. The van der Waals surface area contributed by atoms with E-state index in [-0.39, 0.29) is 17.5 Å². The summed E-state index contributed by atoms with van der Waals surface area (Å²) in [5.41, 5.74) is 9.13. The van der Waals surface area contributed by atoms with Crippen LogP contribution in [0.3, 0.4) is 0 Å². The van der Waals surface area contributed by atoms with Crippen LogP contribution >= 0.6 is 0 Å². The van der Waals surface area contributed by atoms with Crippen LogP contribution in [0.5, 0.6) is 0 Å². The summed E-state index contributed by atoms with van der Waals surface area (Å²) in [7, 11) is 1.76. The van der Waals surface area contributed by atoms with E-state index in [1.165, 1.54) is 24.3 Å². The number of primary amides is 1. The number of nitrogens with two attached hydrogens (primary N) is 1. The lowest BCUT2D eigenvalue weighted by Crippen LogP contribution is -2.38. The molecule has 0 radical (unpaired) electrons. The number of benzene rings is 3. The molecule has 0 saturated carbocycles. The van der Waals surface area contributed by atoms with Gasteiger partial charge in [-0.1, -0.05) is 18.2 Å². The molecule has 1 atom stereocenters. The van der Waals surface area contributed by atoms with E-state index < -0.39 is 17.5 Å². The van der Waals surface area contributed by atoms with Gasteiger partial charge in [-0.3, -0.25) is 14.6 Å². The number of aromatic nitrogens is 1. The Morgan fingerprint density at radius 2 is 1.82 bits per heavy atom. The second-order valence-electron chi connectivity index (χ2n) is 9.83. The minimum Gasteiger partial charge on any atom is -0.366 e. The van der Waals surface area contributed by atoms with Crippen LogP contribution in [0.4, 0.5) is 8.78 Å². The number of rotatable bonds is 6.